The van der Waals surface area contributed by atoms with Gasteiger partial charge in [0, 0.05) is 5.92 Å². The van der Waals surface area contributed by atoms with E-state index in [1.165, 1.54) is 6.92 Å². The molecule has 1 saturated heterocycles. The highest BCUT2D eigenvalue weighted by Crippen LogP contribution is 2.19. The molecule has 1 radical (unpaired) electrons. The van der Waals surface area contributed by atoms with Gasteiger partial charge in [0.2, 0.25) is 21.8 Å². The second-order valence-electron chi connectivity index (χ2n) is 5.58. The van der Waals surface area contributed by atoms with Crippen molar-refractivity contribution in [3.63, 3.8) is 0 Å². The topological polar surface area (TPSA) is 127 Å². The van der Waals surface area contributed by atoms with Gasteiger partial charge >= 0.3 is 0 Å². The highest BCUT2D eigenvalue weighted by Gasteiger charge is 2.37. The number of hydrogen-bond acceptors (Lipinski definition) is 6. The second kappa shape index (κ2) is 8.39. The molecule has 8 nitrogen and oxygen atoms in total. The van der Waals surface area contributed by atoms with Crippen molar-refractivity contribution < 1.29 is 22.8 Å². The zero-order valence-electron chi connectivity index (χ0n) is 13.4. The summed E-state index contributed by atoms with van der Waals surface area (Å²) in [6.07, 6.45) is 2.03. The van der Waals surface area contributed by atoms with Gasteiger partial charge in [0.25, 0.3) is 0 Å². The molecule has 1 aliphatic heterocycles. The van der Waals surface area contributed by atoms with Gasteiger partial charge in [-0.25, -0.2) is 12.7 Å². The molecular weight excluding hydrogens is 322 g/mol. The minimum atomic E-state index is -3.89. The first kappa shape index (κ1) is 19.6. The van der Waals surface area contributed by atoms with E-state index in [4.69, 9.17) is 5.73 Å². The Hall–Kier alpha value is -1.48. The Morgan fingerprint density at radius 3 is 2.70 bits per heavy atom. The van der Waals surface area contributed by atoms with Crippen LogP contribution in [0, 0.1) is 12.3 Å². The Morgan fingerprint density at radius 1 is 1.48 bits per heavy atom. The van der Waals surface area contributed by atoms with E-state index in [0.29, 0.717) is 17.3 Å². The lowest BCUT2D eigenvalue weighted by Crippen LogP contribution is -2.50. The molecule has 1 heterocycles. The van der Waals surface area contributed by atoms with Crippen molar-refractivity contribution in [2.24, 2.45) is 11.7 Å². The molecule has 23 heavy (non-hydrogen) atoms. The van der Waals surface area contributed by atoms with Gasteiger partial charge in [0.15, 0.2) is 5.78 Å². The van der Waals surface area contributed by atoms with E-state index in [1.54, 1.807) is 6.92 Å². The van der Waals surface area contributed by atoms with Crippen LogP contribution in [-0.2, 0) is 24.4 Å². The van der Waals surface area contributed by atoms with E-state index in [2.05, 4.69) is 5.32 Å². The molecular formula is C14H24N3O5S. The van der Waals surface area contributed by atoms with Crippen LogP contribution in [0.2, 0.25) is 0 Å². The van der Waals surface area contributed by atoms with Crippen molar-refractivity contribution in [2.75, 3.05) is 18.8 Å². The maximum absolute atomic E-state index is 12.4. The molecule has 0 aromatic heterocycles. The fourth-order valence-electron chi connectivity index (χ4n) is 2.27. The van der Waals surface area contributed by atoms with Gasteiger partial charge in [-0.05, 0) is 32.7 Å². The van der Waals surface area contributed by atoms with Crippen molar-refractivity contribution in [1.82, 2.24) is 9.62 Å². The van der Waals surface area contributed by atoms with Gasteiger partial charge in [0.1, 0.15) is 6.04 Å². The van der Waals surface area contributed by atoms with Gasteiger partial charge < -0.3 is 11.1 Å². The number of carbonyl (C=O) groups is 3. The quantitative estimate of drug-likeness (QED) is 0.621. The van der Waals surface area contributed by atoms with Crippen LogP contribution in [0.4, 0.5) is 0 Å². The SMILES string of the molecule is CCS(=O)(=O)N(C(=O)[CH]CC(C)C(N)=O)[C@H]1CCCNCC1=O. The third-order valence-electron chi connectivity index (χ3n) is 3.80. The average molecular weight is 346 g/mol. The predicted octanol–water partition coefficient (Wildman–Crippen LogP) is -0.798. The molecule has 0 aromatic rings. The van der Waals surface area contributed by atoms with Crippen molar-refractivity contribution in [3.8, 4) is 0 Å². The fraction of sp³-hybridized carbons (Fsp3) is 0.714. The Balaban J connectivity index is 2.98. The number of Topliss-reactive ketones (excluding diaryl/α,β-unsaturated/α-hetero) is 1. The third kappa shape index (κ3) is 5.28. The smallest absolute Gasteiger partial charge is 0.240 e. The normalized spacial score (nSPS) is 20.6. The van der Waals surface area contributed by atoms with E-state index in [0.717, 1.165) is 6.42 Å². The maximum atomic E-state index is 12.4. The molecule has 1 unspecified atom stereocenters. The molecule has 0 bridgehead atoms. The minimum Gasteiger partial charge on any atom is -0.369 e. The molecule has 1 fully saturated rings. The Morgan fingerprint density at radius 2 is 2.13 bits per heavy atom. The number of amides is 2. The van der Waals surface area contributed by atoms with E-state index in [-0.39, 0.29) is 30.9 Å². The molecule has 3 N–H and O–H groups in total. The highest BCUT2D eigenvalue weighted by atomic mass is 32.2. The van der Waals surface area contributed by atoms with Gasteiger partial charge in [-0.15, -0.1) is 0 Å². The lowest BCUT2D eigenvalue weighted by molar-refractivity contribution is -0.131. The molecule has 2 atom stereocenters. The molecule has 9 heteroatoms. The van der Waals surface area contributed by atoms with Crippen molar-refractivity contribution in [3.05, 3.63) is 6.42 Å². The van der Waals surface area contributed by atoms with Gasteiger partial charge in [-0.2, -0.15) is 0 Å². The van der Waals surface area contributed by atoms with E-state index >= 15 is 0 Å². The molecule has 0 aliphatic carbocycles. The third-order valence-corrected chi connectivity index (χ3v) is 5.56. The number of ketones is 1. The van der Waals surface area contributed by atoms with E-state index < -0.39 is 33.8 Å². The summed E-state index contributed by atoms with van der Waals surface area (Å²) in [7, 11) is -3.89. The highest BCUT2D eigenvalue weighted by molar-refractivity contribution is 7.89. The molecule has 0 aromatic carbocycles. The van der Waals surface area contributed by atoms with E-state index in [9.17, 15) is 22.8 Å². The monoisotopic (exact) mass is 346 g/mol. The zero-order chi connectivity index (χ0) is 17.6. The van der Waals surface area contributed by atoms with Crippen LogP contribution in [0.25, 0.3) is 0 Å². The van der Waals surface area contributed by atoms with Crippen LogP contribution in [0.5, 0.6) is 0 Å². The number of nitrogens with zero attached hydrogens (tertiary/aromatic N) is 1. The number of nitrogens with one attached hydrogen (secondary N) is 1. The van der Waals surface area contributed by atoms with Crippen LogP contribution >= 0.6 is 0 Å². The minimum absolute atomic E-state index is 0.0308. The number of carbonyl (C=O) groups excluding carboxylic acids is 3. The predicted molar refractivity (Wildman–Crippen MR) is 84.5 cm³/mol. The second-order valence-corrected chi connectivity index (χ2v) is 7.71. The van der Waals surface area contributed by atoms with Crippen LogP contribution in [0.3, 0.4) is 0 Å². The fourth-order valence-corrected chi connectivity index (χ4v) is 3.50. The number of rotatable bonds is 7. The summed E-state index contributed by atoms with van der Waals surface area (Å²) >= 11 is 0. The molecule has 1 aliphatic rings. The molecule has 1 rings (SSSR count). The summed E-state index contributed by atoms with van der Waals surface area (Å²) in [4.78, 5) is 35.6. The Kier molecular flexibility index (Phi) is 7.14. The summed E-state index contributed by atoms with van der Waals surface area (Å²) < 4.78 is 25.3. The zero-order valence-corrected chi connectivity index (χ0v) is 14.3. The first-order valence-corrected chi connectivity index (χ1v) is 9.23. The summed E-state index contributed by atoms with van der Waals surface area (Å²) in [5.74, 6) is -2.55. The average Bonchev–Trinajstić information content (AvgIpc) is 2.70. The number of hydrogen-bond donors (Lipinski definition) is 2. The molecule has 131 valence electrons. The summed E-state index contributed by atoms with van der Waals surface area (Å²) in [5.41, 5.74) is 5.13. The van der Waals surface area contributed by atoms with Crippen molar-refractivity contribution >= 4 is 27.6 Å². The van der Waals surface area contributed by atoms with Crippen LogP contribution in [0.1, 0.15) is 33.1 Å². The van der Waals surface area contributed by atoms with Crippen LogP contribution in [-0.4, -0.2) is 55.2 Å². The van der Waals surface area contributed by atoms with Gasteiger partial charge in [-0.3, -0.25) is 14.4 Å². The standard InChI is InChI=1S/C14H24N3O5S/c1-3-23(21,22)17(11-5-4-8-16-9-12(11)18)13(19)7-6-10(2)14(15)20/h7,10-11,16H,3-6,8-9H2,1-2H3,(H2,15,20)/t10?,11-/m0/s1. The van der Waals surface area contributed by atoms with E-state index in [1.807, 2.05) is 0 Å². The lowest BCUT2D eigenvalue weighted by atomic mass is 10.0. The summed E-state index contributed by atoms with van der Waals surface area (Å²) in [6.45, 7) is 3.59. The first-order chi connectivity index (χ1) is 10.7. The molecule has 2 amide bonds. The molecule has 0 saturated carbocycles. The number of nitrogens with two attached hydrogens (primary N) is 1. The Labute approximate surface area is 136 Å². The summed E-state index contributed by atoms with van der Waals surface area (Å²) in [5, 5.41) is 2.90. The van der Waals surface area contributed by atoms with Crippen molar-refractivity contribution in [2.45, 2.75) is 39.2 Å². The Bertz CT molecular complexity index is 561. The maximum Gasteiger partial charge on any atom is 0.240 e. The number of sulfonamides is 1. The van der Waals surface area contributed by atoms with Gasteiger partial charge in [-0.1, -0.05) is 6.92 Å². The van der Waals surface area contributed by atoms with Crippen LogP contribution in [0.15, 0.2) is 0 Å². The summed E-state index contributed by atoms with van der Waals surface area (Å²) in [6, 6.07) is -0.998. The molecule has 0 spiro atoms. The lowest BCUT2D eigenvalue weighted by Gasteiger charge is -2.29. The number of primary amides is 1. The van der Waals surface area contributed by atoms with Crippen LogP contribution < -0.4 is 11.1 Å². The largest absolute Gasteiger partial charge is 0.369 e. The van der Waals surface area contributed by atoms with Gasteiger partial charge in [0.05, 0.1) is 18.7 Å². The first-order valence-electron chi connectivity index (χ1n) is 7.62. The van der Waals surface area contributed by atoms with Crippen molar-refractivity contribution in [1.29, 1.82) is 0 Å².